The van der Waals surface area contributed by atoms with Crippen molar-refractivity contribution in [3.8, 4) is 5.82 Å². The molecule has 0 amide bonds. The van der Waals surface area contributed by atoms with Gasteiger partial charge >= 0.3 is 0 Å². The van der Waals surface area contributed by atoms with E-state index in [0.717, 1.165) is 26.2 Å². The number of hydrogen-bond acceptors (Lipinski definition) is 2. The van der Waals surface area contributed by atoms with Crippen molar-refractivity contribution in [1.29, 1.82) is 0 Å². The molecule has 0 fully saturated rings. The SMILES string of the molecule is Cc1nn(-c2ncc(Br)cc2Br)c(C)c1Cl. The van der Waals surface area contributed by atoms with Crippen LogP contribution in [-0.4, -0.2) is 14.8 Å². The Labute approximate surface area is 115 Å². The number of halogens is 3. The fourth-order valence-electron chi connectivity index (χ4n) is 1.39. The largest absolute Gasteiger partial charge is 0.235 e. The lowest BCUT2D eigenvalue weighted by Crippen LogP contribution is -2.02. The minimum atomic E-state index is 0.677. The summed E-state index contributed by atoms with van der Waals surface area (Å²) in [5, 5.41) is 5.02. The van der Waals surface area contributed by atoms with Gasteiger partial charge in [0.25, 0.3) is 0 Å². The second kappa shape index (κ2) is 4.47. The highest BCUT2D eigenvalue weighted by Gasteiger charge is 2.13. The molecular weight excluding hydrogens is 357 g/mol. The second-order valence-corrected chi connectivity index (χ2v) is 5.50. The molecule has 6 heteroatoms. The molecule has 2 rings (SSSR count). The van der Waals surface area contributed by atoms with Gasteiger partial charge in [-0.05, 0) is 51.8 Å². The number of nitrogens with zero attached hydrogens (tertiary/aromatic N) is 3. The van der Waals surface area contributed by atoms with Gasteiger partial charge in [-0.3, -0.25) is 0 Å². The van der Waals surface area contributed by atoms with Crippen molar-refractivity contribution in [2.24, 2.45) is 0 Å². The molecule has 16 heavy (non-hydrogen) atoms. The lowest BCUT2D eigenvalue weighted by molar-refractivity contribution is 0.801. The van der Waals surface area contributed by atoms with Crippen LogP contribution in [0.5, 0.6) is 0 Å². The fraction of sp³-hybridized carbons (Fsp3) is 0.200. The van der Waals surface area contributed by atoms with Gasteiger partial charge in [0.15, 0.2) is 5.82 Å². The summed E-state index contributed by atoms with van der Waals surface area (Å²) in [6.07, 6.45) is 1.73. The first-order valence-electron chi connectivity index (χ1n) is 4.54. The zero-order chi connectivity index (χ0) is 11.9. The Morgan fingerprint density at radius 1 is 1.31 bits per heavy atom. The summed E-state index contributed by atoms with van der Waals surface area (Å²) in [6.45, 7) is 3.79. The maximum absolute atomic E-state index is 6.10. The van der Waals surface area contributed by atoms with Gasteiger partial charge in [-0.25, -0.2) is 9.67 Å². The second-order valence-electron chi connectivity index (χ2n) is 3.36. The quantitative estimate of drug-likeness (QED) is 0.763. The average Bonchev–Trinajstić information content (AvgIpc) is 2.46. The Morgan fingerprint density at radius 3 is 2.50 bits per heavy atom. The van der Waals surface area contributed by atoms with Crippen molar-refractivity contribution in [3.63, 3.8) is 0 Å². The van der Waals surface area contributed by atoms with Crippen molar-refractivity contribution in [2.45, 2.75) is 13.8 Å². The van der Waals surface area contributed by atoms with Crippen LogP contribution >= 0.6 is 43.5 Å². The molecule has 0 radical (unpaired) electrons. The van der Waals surface area contributed by atoms with E-state index < -0.39 is 0 Å². The van der Waals surface area contributed by atoms with E-state index in [1.54, 1.807) is 10.9 Å². The normalized spacial score (nSPS) is 10.8. The number of pyridine rings is 1. The van der Waals surface area contributed by atoms with Crippen LogP contribution in [0, 0.1) is 13.8 Å². The summed E-state index contributed by atoms with van der Waals surface area (Å²) in [5.41, 5.74) is 1.69. The molecule has 0 aliphatic carbocycles. The molecule has 0 aromatic carbocycles. The van der Waals surface area contributed by atoms with Gasteiger partial charge in [-0.2, -0.15) is 5.10 Å². The third kappa shape index (κ3) is 2.04. The summed E-state index contributed by atoms with van der Waals surface area (Å²) in [7, 11) is 0. The topological polar surface area (TPSA) is 30.7 Å². The minimum Gasteiger partial charge on any atom is -0.235 e. The molecule has 0 saturated heterocycles. The molecule has 0 aliphatic heterocycles. The molecule has 3 nitrogen and oxygen atoms in total. The van der Waals surface area contributed by atoms with Crippen LogP contribution < -0.4 is 0 Å². The van der Waals surface area contributed by atoms with E-state index in [0.29, 0.717) is 5.02 Å². The van der Waals surface area contributed by atoms with Gasteiger partial charge in [0.2, 0.25) is 0 Å². The first-order chi connectivity index (χ1) is 7.50. The third-order valence-corrected chi connectivity index (χ3v) is 3.76. The van der Waals surface area contributed by atoms with Crippen LogP contribution in [0.4, 0.5) is 0 Å². The zero-order valence-corrected chi connectivity index (χ0v) is 12.6. The van der Waals surface area contributed by atoms with Crippen molar-refractivity contribution in [1.82, 2.24) is 14.8 Å². The minimum absolute atomic E-state index is 0.677. The van der Waals surface area contributed by atoms with Crippen molar-refractivity contribution >= 4 is 43.5 Å². The molecule has 0 saturated carbocycles. The molecule has 0 spiro atoms. The van der Waals surface area contributed by atoms with Gasteiger partial charge in [0, 0.05) is 10.7 Å². The number of hydrogen-bond donors (Lipinski definition) is 0. The van der Waals surface area contributed by atoms with Crippen LogP contribution in [0.15, 0.2) is 21.2 Å². The van der Waals surface area contributed by atoms with Crippen LogP contribution in [0.25, 0.3) is 5.82 Å². The maximum Gasteiger partial charge on any atom is 0.168 e. The van der Waals surface area contributed by atoms with Crippen molar-refractivity contribution in [2.75, 3.05) is 0 Å². The average molecular weight is 365 g/mol. The molecule has 0 bridgehead atoms. The molecule has 2 aromatic rings. The summed E-state index contributed by atoms with van der Waals surface area (Å²) in [5.74, 6) is 0.732. The van der Waals surface area contributed by atoms with Crippen LogP contribution in [0.1, 0.15) is 11.4 Å². The number of aromatic nitrogens is 3. The maximum atomic E-state index is 6.10. The predicted octanol–water partition coefficient (Wildman–Crippen LogP) is 4.06. The summed E-state index contributed by atoms with van der Waals surface area (Å²) < 4.78 is 3.51. The van der Waals surface area contributed by atoms with Crippen molar-refractivity contribution in [3.05, 3.63) is 37.6 Å². The van der Waals surface area contributed by atoms with Crippen LogP contribution in [-0.2, 0) is 0 Å². The highest BCUT2D eigenvalue weighted by Crippen LogP contribution is 2.27. The summed E-state index contributed by atoms with van der Waals surface area (Å²) >= 11 is 12.9. The van der Waals surface area contributed by atoms with E-state index in [2.05, 4.69) is 41.9 Å². The number of aryl methyl sites for hydroxylation is 1. The highest BCUT2D eigenvalue weighted by atomic mass is 79.9. The van der Waals surface area contributed by atoms with E-state index in [4.69, 9.17) is 11.6 Å². The first kappa shape index (κ1) is 12.1. The Hall–Kier alpha value is -0.390. The van der Waals surface area contributed by atoms with E-state index in [1.165, 1.54) is 0 Å². The molecule has 0 N–H and O–H groups in total. The molecule has 0 atom stereocenters. The molecule has 0 aliphatic rings. The molecule has 0 unspecified atom stereocenters. The number of rotatable bonds is 1. The van der Waals surface area contributed by atoms with Gasteiger partial charge in [0.05, 0.1) is 20.9 Å². The van der Waals surface area contributed by atoms with Crippen LogP contribution in [0.3, 0.4) is 0 Å². The Bertz CT molecular complexity index is 551. The van der Waals surface area contributed by atoms with E-state index in [-0.39, 0.29) is 0 Å². The lowest BCUT2D eigenvalue weighted by atomic mass is 10.4. The molecule has 84 valence electrons. The molecule has 2 heterocycles. The third-order valence-electron chi connectivity index (χ3n) is 2.19. The predicted molar refractivity (Wildman–Crippen MR) is 71.2 cm³/mol. The van der Waals surface area contributed by atoms with E-state index in [9.17, 15) is 0 Å². The lowest BCUT2D eigenvalue weighted by Gasteiger charge is -2.05. The smallest absolute Gasteiger partial charge is 0.168 e. The Balaban J connectivity index is 2.63. The van der Waals surface area contributed by atoms with Crippen LogP contribution in [0.2, 0.25) is 5.02 Å². The zero-order valence-electron chi connectivity index (χ0n) is 8.63. The highest BCUT2D eigenvalue weighted by molar-refractivity contribution is 9.11. The van der Waals surface area contributed by atoms with Gasteiger partial charge in [0.1, 0.15) is 0 Å². The summed E-state index contributed by atoms with van der Waals surface area (Å²) in [4.78, 5) is 4.31. The van der Waals surface area contributed by atoms with E-state index >= 15 is 0 Å². The Kier molecular flexibility index (Phi) is 3.37. The van der Waals surface area contributed by atoms with Gasteiger partial charge in [-0.1, -0.05) is 11.6 Å². The van der Waals surface area contributed by atoms with Crippen molar-refractivity contribution < 1.29 is 0 Å². The summed E-state index contributed by atoms with van der Waals surface area (Å²) in [6, 6.07) is 1.92. The molecular formula is C10H8Br2ClN3. The fourth-order valence-corrected chi connectivity index (χ4v) is 2.67. The monoisotopic (exact) mass is 363 g/mol. The first-order valence-corrected chi connectivity index (χ1v) is 6.50. The van der Waals surface area contributed by atoms with E-state index in [1.807, 2.05) is 19.9 Å². The Morgan fingerprint density at radius 2 is 2.00 bits per heavy atom. The standard InChI is InChI=1S/C10H8Br2ClN3/c1-5-9(13)6(2)16(15-5)10-8(12)3-7(11)4-14-10/h3-4H,1-2H3. The van der Waals surface area contributed by atoms with Gasteiger partial charge < -0.3 is 0 Å². The van der Waals surface area contributed by atoms with Gasteiger partial charge in [-0.15, -0.1) is 0 Å². The molecule has 2 aromatic heterocycles.